The summed E-state index contributed by atoms with van der Waals surface area (Å²) in [4.78, 5) is 19.7. The number of amides is 1. The molecule has 0 saturated carbocycles. The zero-order valence-corrected chi connectivity index (χ0v) is 13.6. The molecule has 0 aromatic carbocycles. The molecule has 0 N–H and O–H groups in total. The lowest BCUT2D eigenvalue weighted by molar-refractivity contribution is -0.0134. The van der Waals surface area contributed by atoms with Crippen LogP contribution in [0, 0.1) is 0 Å². The van der Waals surface area contributed by atoms with Gasteiger partial charge in [-0.3, -0.25) is 9.88 Å². The molecule has 1 amide bonds. The molecule has 2 aliphatic heterocycles. The van der Waals surface area contributed by atoms with E-state index in [1.165, 1.54) is 0 Å². The van der Waals surface area contributed by atoms with Gasteiger partial charge in [-0.25, -0.2) is 4.79 Å². The second-order valence-corrected chi connectivity index (χ2v) is 6.64. The molecule has 2 aromatic heterocycles. The fourth-order valence-electron chi connectivity index (χ4n) is 3.59. The lowest BCUT2D eigenvalue weighted by Crippen LogP contribution is -2.50. The van der Waals surface area contributed by atoms with Gasteiger partial charge in [0.15, 0.2) is 5.76 Å². The summed E-state index contributed by atoms with van der Waals surface area (Å²) in [6.45, 7) is 3.01. The van der Waals surface area contributed by atoms with E-state index in [1.807, 2.05) is 18.2 Å². The van der Waals surface area contributed by atoms with Crippen molar-refractivity contribution >= 4 is 6.09 Å². The SMILES string of the molecule is CN1C[C@]2(CCCN(Cc3cc(-c4cccnc4)no3)C2)OC1=O. The average Bonchev–Trinajstić information content (AvgIpc) is 3.14. The van der Waals surface area contributed by atoms with E-state index in [0.717, 1.165) is 42.9 Å². The van der Waals surface area contributed by atoms with Crippen LogP contribution in [0.3, 0.4) is 0 Å². The Balaban J connectivity index is 1.44. The Morgan fingerprint density at radius 2 is 2.29 bits per heavy atom. The summed E-state index contributed by atoms with van der Waals surface area (Å²) in [5.74, 6) is 0.809. The van der Waals surface area contributed by atoms with Gasteiger partial charge in [-0.15, -0.1) is 0 Å². The van der Waals surface area contributed by atoms with Crippen molar-refractivity contribution in [3.8, 4) is 11.3 Å². The third-order valence-corrected chi connectivity index (χ3v) is 4.66. The molecule has 1 atom stereocenters. The molecule has 4 rings (SSSR count). The van der Waals surface area contributed by atoms with E-state index in [4.69, 9.17) is 9.26 Å². The van der Waals surface area contributed by atoms with E-state index in [0.29, 0.717) is 13.1 Å². The van der Waals surface area contributed by atoms with Gasteiger partial charge in [0.2, 0.25) is 0 Å². The first kappa shape index (κ1) is 15.1. The number of piperidine rings is 1. The van der Waals surface area contributed by atoms with Gasteiger partial charge in [-0.05, 0) is 31.5 Å². The van der Waals surface area contributed by atoms with Gasteiger partial charge >= 0.3 is 6.09 Å². The number of likely N-dealkylation sites (N-methyl/N-ethyl adjacent to an activating group) is 1. The second kappa shape index (κ2) is 5.90. The Labute approximate surface area is 140 Å². The monoisotopic (exact) mass is 328 g/mol. The molecule has 4 heterocycles. The summed E-state index contributed by atoms with van der Waals surface area (Å²) in [6, 6.07) is 5.78. The fraction of sp³-hybridized carbons (Fsp3) is 0.471. The van der Waals surface area contributed by atoms with Crippen LogP contribution in [0.25, 0.3) is 11.3 Å². The molecule has 24 heavy (non-hydrogen) atoms. The molecule has 2 fully saturated rings. The molecule has 0 aliphatic carbocycles. The number of carbonyl (C=O) groups is 1. The van der Waals surface area contributed by atoms with Crippen LogP contribution < -0.4 is 0 Å². The van der Waals surface area contributed by atoms with E-state index in [-0.39, 0.29) is 11.7 Å². The highest BCUT2D eigenvalue weighted by atomic mass is 16.6. The maximum atomic E-state index is 11.7. The number of likely N-dealkylation sites (tertiary alicyclic amines) is 1. The zero-order valence-electron chi connectivity index (χ0n) is 13.6. The second-order valence-electron chi connectivity index (χ2n) is 6.64. The van der Waals surface area contributed by atoms with Gasteiger partial charge < -0.3 is 14.2 Å². The standard InChI is InChI=1S/C17H20N4O3/c1-20-11-17(23-16(20)22)5-3-7-21(12-17)10-14-8-15(19-24-14)13-4-2-6-18-9-13/h2,4,6,8-9H,3,5,7,10-12H2,1H3/t17-/m0/s1. The summed E-state index contributed by atoms with van der Waals surface area (Å²) in [7, 11) is 1.78. The minimum Gasteiger partial charge on any atom is -0.440 e. The van der Waals surface area contributed by atoms with Crippen molar-refractivity contribution in [1.29, 1.82) is 0 Å². The van der Waals surface area contributed by atoms with Crippen molar-refractivity contribution in [2.45, 2.75) is 25.0 Å². The highest BCUT2D eigenvalue weighted by Gasteiger charge is 2.46. The van der Waals surface area contributed by atoms with E-state index in [2.05, 4.69) is 15.0 Å². The fourth-order valence-corrected chi connectivity index (χ4v) is 3.59. The van der Waals surface area contributed by atoms with Crippen LogP contribution in [0.15, 0.2) is 35.1 Å². The third-order valence-electron chi connectivity index (χ3n) is 4.66. The molecule has 2 aromatic rings. The van der Waals surface area contributed by atoms with Gasteiger partial charge in [0, 0.05) is 37.6 Å². The third kappa shape index (κ3) is 2.87. The molecule has 2 saturated heterocycles. The van der Waals surface area contributed by atoms with E-state index >= 15 is 0 Å². The van der Waals surface area contributed by atoms with Crippen LogP contribution in [0.5, 0.6) is 0 Å². The highest BCUT2D eigenvalue weighted by Crippen LogP contribution is 2.32. The summed E-state index contributed by atoms with van der Waals surface area (Å²) in [6.07, 6.45) is 5.19. The predicted octanol–water partition coefficient (Wildman–Crippen LogP) is 2.15. The van der Waals surface area contributed by atoms with Crippen LogP contribution in [0.4, 0.5) is 4.79 Å². The summed E-state index contributed by atoms with van der Waals surface area (Å²) < 4.78 is 11.1. The predicted molar refractivity (Wildman–Crippen MR) is 86.1 cm³/mol. The number of carbonyl (C=O) groups excluding carboxylic acids is 1. The minimum atomic E-state index is -0.379. The number of nitrogens with zero attached hydrogens (tertiary/aromatic N) is 4. The molecule has 7 nitrogen and oxygen atoms in total. The maximum Gasteiger partial charge on any atom is 0.410 e. The van der Waals surface area contributed by atoms with Crippen LogP contribution in [-0.4, -0.2) is 58.3 Å². The lowest BCUT2D eigenvalue weighted by atomic mass is 9.92. The minimum absolute atomic E-state index is 0.227. The molecular weight excluding hydrogens is 308 g/mol. The Bertz CT molecular complexity index is 732. The molecule has 0 unspecified atom stereocenters. The largest absolute Gasteiger partial charge is 0.440 e. The van der Waals surface area contributed by atoms with E-state index in [9.17, 15) is 4.79 Å². The van der Waals surface area contributed by atoms with E-state index in [1.54, 1.807) is 24.3 Å². The van der Waals surface area contributed by atoms with Crippen molar-refractivity contribution in [3.05, 3.63) is 36.4 Å². The van der Waals surface area contributed by atoms with Crippen LogP contribution in [0.1, 0.15) is 18.6 Å². The zero-order chi connectivity index (χ0) is 16.6. The van der Waals surface area contributed by atoms with Gasteiger partial charge in [-0.2, -0.15) is 0 Å². The molecule has 0 radical (unpaired) electrons. The van der Waals surface area contributed by atoms with Crippen LogP contribution >= 0.6 is 0 Å². The molecule has 126 valence electrons. The Kier molecular flexibility index (Phi) is 3.72. The Morgan fingerprint density at radius 1 is 1.38 bits per heavy atom. The van der Waals surface area contributed by atoms with Crippen molar-refractivity contribution < 1.29 is 14.1 Å². The molecule has 2 aliphatic rings. The lowest BCUT2D eigenvalue weighted by Gasteiger charge is -2.37. The highest BCUT2D eigenvalue weighted by molar-refractivity contribution is 5.70. The normalized spacial score (nSPS) is 24.5. The Hall–Kier alpha value is -2.41. The number of hydrogen-bond donors (Lipinski definition) is 0. The molecular formula is C17H20N4O3. The molecule has 1 spiro atoms. The van der Waals surface area contributed by atoms with Crippen LogP contribution in [-0.2, 0) is 11.3 Å². The van der Waals surface area contributed by atoms with Gasteiger partial charge in [0.1, 0.15) is 11.3 Å². The molecule has 0 bridgehead atoms. The number of ether oxygens (including phenoxy) is 1. The first-order chi connectivity index (χ1) is 11.6. The van der Waals surface area contributed by atoms with E-state index < -0.39 is 0 Å². The maximum absolute atomic E-state index is 11.7. The van der Waals surface area contributed by atoms with Gasteiger partial charge in [0.05, 0.1) is 13.1 Å². The van der Waals surface area contributed by atoms with Crippen molar-refractivity contribution in [2.24, 2.45) is 0 Å². The van der Waals surface area contributed by atoms with Crippen molar-refractivity contribution in [2.75, 3.05) is 26.7 Å². The first-order valence-electron chi connectivity index (χ1n) is 8.16. The summed E-state index contributed by atoms with van der Waals surface area (Å²) in [5, 5.41) is 4.13. The number of hydrogen-bond acceptors (Lipinski definition) is 6. The van der Waals surface area contributed by atoms with Gasteiger partial charge in [0.25, 0.3) is 0 Å². The van der Waals surface area contributed by atoms with Crippen molar-refractivity contribution in [1.82, 2.24) is 19.9 Å². The number of rotatable bonds is 3. The number of pyridine rings is 1. The van der Waals surface area contributed by atoms with Crippen molar-refractivity contribution in [3.63, 3.8) is 0 Å². The smallest absolute Gasteiger partial charge is 0.410 e. The molecule has 7 heteroatoms. The summed E-state index contributed by atoms with van der Waals surface area (Å²) in [5.41, 5.74) is 1.35. The van der Waals surface area contributed by atoms with Gasteiger partial charge in [-0.1, -0.05) is 5.16 Å². The Morgan fingerprint density at radius 3 is 3.04 bits per heavy atom. The average molecular weight is 328 g/mol. The number of aromatic nitrogens is 2. The topological polar surface area (TPSA) is 71.7 Å². The first-order valence-corrected chi connectivity index (χ1v) is 8.16. The summed E-state index contributed by atoms with van der Waals surface area (Å²) >= 11 is 0. The van der Waals surface area contributed by atoms with Crippen LogP contribution in [0.2, 0.25) is 0 Å². The quantitative estimate of drug-likeness (QED) is 0.860.